The monoisotopic (exact) mass is 248 g/mol. The quantitative estimate of drug-likeness (QED) is 0.765. The fourth-order valence-electron chi connectivity index (χ4n) is 0.446. The van der Waals surface area contributed by atoms with Gasteiger partial charge in [0, 0.05) is 0 Å². The van der Waals surface area contributed by atoms with Crippen LogP contribution < -0.4 is 0 Å². The predicted molar refractivity (Wildman–Crippen MR) is 46.1 cm³/mol. The van der Waals surface area contributed by atoms with E-state index in [-0.39, 0.29) is 19.5 Å². The van der Waals surface area contributed by atoms with Crippen molar-refractivity contribution < 1.29 is 24.6 Å². The Morgan fingerprint density at radius 1 is 1.36 bits per heavy atom. The van der Waals surface area contributed by atoms with E-state index in [4.69, 9.17) is 5.73 Å². The molecule has 0 fully saturated rings. The van der Waals surface area contributed by atoms with Crippen molar-refractivity contribution >= 4 is 0 Å². The van der Waals surface area contributed by atoms with Crippen molar-refractivity contribution in [1.29, 1.82) is 0 Å². The second-order valence-corrected chi connectivity index (χ2v) is 2.35. The maximum atomic E-state index is 9.20. The first kappa shape index (κ1) is 17.6. The SMILES string of the molecule is CC.CCC(C)(O)CC[NH-].[Ru+]. The number of aliphatic hydroxyl groups is 1. The van der Waals surface area contributed by atoms with Gasteiger partial charge in [0.2, 0.25) is 0 Å². The van der Waals surface area contributed by atoms with Gasteiger partial charge in [-0.15, -0.1) is 6.54 Å². The number of hydrogen-bond acceptors (Lipinski definition) is 1. The summed E-state index contributed by atoms with van der Waals surface area (Å²) in [6.07, 6.45) is 1.33. The number of nitrogens with one attached hydrogen (secondary N) is 1. The largest absolute Gasteiger partial charge is 1.00 e. The summed E-state index contributed by atoms with van der Waals surface area (Å²) in [6, 6.07) is 0. The molecule has 0 saturated heterocycles. The van der Waals surface area contributed by atoms with Crippen molar-refractivity contribution in [2.45, 2.75) is 46.1 Å². The van der Waals surface area contributed by atoms with E-state index in [2.05, 4.69) is 0 Å². The van der Waals surface area contributed by atoms with Crippen molar-refractivity contribution in [3.63, 3.8) is 0 Å². The van der Waals surface area contributed by atoms with Crippen LogP contribution in [-0.2, 0) is 19.5 Å². The fraction of sp³-hybridized carbons (Fsp3) is 1.00. The minimum absolute atomic E-state index is 0. The van der Waals surface area contributed by atoms with E-state index in [1.54, 1.807) is 6.92 Å². The van der Waals surface area contributed by atoms with Gasteiger partial charge in [-0.3, -0.25) is 0 Å². The van der Waals surface area contributed by atoms with Crippen molar-refractivity contribution in [3.8, 4) is 0 Å². The van der Waals surface area contributed by atoms with Crippen LogP contribution >= 0.6 is 0 Å². The average molecular weight is 247 g/mol. The minimum Gasteiger partial charge on any atom is -0.677 e. The van der Waals surface area contributed by atoms with Gasteiger partial charge in [0.1, 0.15) is 0 Å². The topological polar surface area (TPSA) is 44.0 Å². The van der Waals surface area contributed by atoms with Crippen molar-refractivity contribution in [1.82, 2.24) is 0 Å². The first-order valence-corrected chi connectivity index (χ1v) is 3.99. The molecule has 11 heavy (non-hydrogen) atoms. The van der Waals surface area contributed by atoms with E-state index in [1.807, 2.05) is 20.8 Å². The summed E-state index contributed by atoms with van der Waals surface area (Å²) in [5.74, 6) is 0. The molecule has 0 aromatic rings. The first-order chi connectivity index (χ1) is 4.62. The molecule has 0 aliphatic heterocycles. The minimum atomic E-state index is -0.595. The van der Waals surface area contributed by atoms with Crippen LogP contribution in [0.2, 0.25) is 0 Å². The van der Waals surface area contributed by atoms with Crippen LogP contribution in [0.4, 0.5) is 0 Å². The van der Waals surface area contributed by atoms with E-state index >= 15 is 0 Å². The van der Waals surface area contributed by atoms with Gasteiger partial charge in [-0.05, 0) is 19.8 Å². The van der Waals surface area contributed by atoms with E-state index < -0.39 is 5.60 Å². The van der Waals surface area contributed by atoms with Crippen LogP contribution in [0.1, 0.15) is 40.5 Å². The third kappa shape index (κ3) is 13.5. The Labute approximate surface area is 83.3 Å². The molecule has 0 bridgehead atoms. The van der Waals surface area contributed by atoms with E-state index in [0.717, 1.165) is 6.42 Å². The molecule has 1 radical (unpaired) electrons. The fourth-order valence-corrected chi connectivity index (χ4v) is 0.446. The van der Waals surface area contributed by atoms with Gasteiger partial charge in [-0.2, -0.15) is 0 Å². The van der Waals surface area contributed by atoms with Gasteiger partial charge >= 0.3 is 19.5 Å². The molecule has 3 heteroatoms. The zero-order valence-electron chi connectivity index (χ0n) is 7.92. The molecular weight excluding hydrogens is 227 g/mol. The average Bonchev–Trinajstić information content (AvgIpc) is 1.93. The molecule has 0 aliphatic rings. The normalized spacial score (nSPS) is 13.6. The molecule has 0 aromatic carbocycles. The summed E-state index contributed by atoms with van der Waals surface area (Å²) < 4.78 is 0. The summed E-state index contributed by atoms with van der Waals surface area (Å²) >= 11 is 0. The molecule has 0 aliphatic carbocycles. The Bertz CT molecular complexity index is 67.1. The van der Waals surface area contributed by atoms with E-state index in [0.29, 0.717) is 13.0 Å². The molecule has 2 nitrogen and oxygen atoms in total. The van der Waals surface area contributed by atoms with E-state index in [9.17, 15) is 5.11 Å². The Balaban J connectivity index is -0.000000196. The van der Waals surface area contributed by atoms with Gasteiger partial charge in [0.15, 0.2) is 0 Å². The van der Waals surface area contributed by atoms with Gasteiger partial charge in [-0.25, -0.2) is 0 Å². The van der Waals surface area contributed by atoms with Crippen LogP contribution in [0.25, 0.3) is 5.73 Å². The first-order valence-electron chi connectivity index (χ1n) is 3.99. The maximum absolute atomic E-state index is 9.20. The summed E-state index contributed by atoms with van der Waals surface area (Å²) in [4.78, 5) is 0. The molecule has 0 heterocycles. The Morgan fingerprint density at radius 2 is 1.73 bits per heavy atom. The molecule has 0 rings (SSSR count). The molecule has 1 atom stereocenters. The summed E-state index contributed by atoms with van der Waals surface area (Å²) in [7, 11) is 0. The maximum Gasteiger partial charge on any atom is 1.00 e. The van der Waals surface area contributed by atoms with Gasteiger partial charge in [0.25, 0.3) is 0 Å². The van der Waals surface area contributed by atoms with E-state index in [1.165, 1.54) is 0 Å². The molecule has 1 unspecified atom stereocenters. The molecule has 0 spiro atoms. The number of rotatable bonds is 3. The van der Waals surface area contributed by atoms with Gasteiger partial charge < -0.3 is 10.8 Å². The van der Waals surface area contributed by atoms with Crippen molar-refractivity contribution in [3.05, 3.63) is 5.73 Å². The van der Waals surface area contributed by atoms with Gasteiger partial charge in [0.05, 0.1) is 5.60 Å². The van der Waals surface area contributed by atoms with Crippen molar-refractivity contribution in [2.24, 2.45) is 0 Å². The van der Waals surface area contributed by atoms with Crippen LogP contribution in [0.3, 0.4) is 0 Å². The molecule has 0 amide bonds. The zero-order chi connectivity index (χ0) is 8.62. The summed E-state index contributed by atoms with van der Waals surface area (Å²) in [5.41, 5.74) is 6.21. The Morgan fingerprint density at radius 3 is 1.82 bits per heavy atom. The Hall–Kier alpha value is 0.543. The summed E-state index contributed by atoms with van der Waals surface area (Å²) in [5, 5.41) is 9.20. The second kappa shape index (κ2) is 10.5. The van der Waals surface area contributed by atoms with Gasteiger partial charge in [-0.1, -0.05) is 20.8 Å². The smallest absolute Gasteiger partial charge is 0.677 e. The Kier molecular flexibility index (Phi) is 16.9. The molecule has 0 saturated carbocycles. The van der Waals surface area contributed by atoms with Crippen LogP contribution in [0.15, 0.2) is 0 Å². The molecule has 2 N–H and O–H groups in total. The molecule has 71 valence electrons. The van der Waals surface area contributed by atoms with Crippen LogP contribution in [0.5, 0.6) is 0 Å². The second-order valence-electron chi connectivity index (χ2n) is 2.35. The number of hydrogen-bond donors (Lipinski definition) is 1. The summed E-state index contributed by atoms with van der Waals surface area (Å²) in [6.45, 7) is 8.01. The molecule has 0 aromatic heterocycles. The van der Waals surface area contributed by atoms with Crippen LogP contribution in [-0.4, -0.2) is 17.3 Å². The zero-order valence-corrected chi connectivity index (χ0v) is 9.66. The van der Waals surface area contributed by atoms with Crippen molar-refractivity contribution in [2.75, 3.05) is 6.54 Å². The van der Waals surface area contributed by atoms with Crippen LogP contribution in [0, 0.1) is 0 Å². The standard InChI is InChI=1S/C6H14NO.C2H6.Ru/c1-3-6(2,8)4-5-7;1-2;/h7-8H,3-5H2,1-2H3;1-2H3;/q-1;;+1. The predicted octanol–water partition coefficient (Wildman–Crippen LogP) is 2.61. The third-order valence-electron chi connectivity index (χ3n) is 1.43. The molecular formula is C8H20NORu. The third-order valence-corrected chi connectivity index (χ3v) is 1.43.